The van der Waals surface area contributed by atoms with E-state index in [1.165, 1.54) is 12.1 Å². The standard InChI is InChI=1S/C21H19N3O7S/c25-21-13-15(23-7-9-30-10-8-23)11-17(22-21)16-3-1-2-4-18(16)31-19-6-5-14(24(26)27)12-20(19)32(28)29/h1-6,11-13H,7-10H2,(H,22,25)(H,28,29)/p-1. The van der Waals surface area contributed by atoms with Crippen molar-refractivity contribution in [3.8, 4) is 22.8 Å². The molecule has 2 aromatic carbocycles. The molecule has 1 unspecified atom stereocenters. The summed E-state index contributed by atoms with van der Waals surface area (Å²) in [6.07, 6.45) is 0. The maximum absolute atomic E-state index is 12.3. The van der Waals surface area contributed by atoms with Crippen LogP contribution < -0.4 is 15.2 Å². The molecule has 1 fully saturated rings. The van der Waals surface area contributed by atoms with Gasteiger partial charge in [0.2, 0.25) is 5.56 Å². The van der Waals surface area contributed by atoms with Crippen molar-refractivity contribution < 1.29 is 23.2 Å². The molecular formula is C21H18N3O7S-. The van der Waals surface area contributed by atoms with Gasteiger partial charge < -0.3 is 23.9 Å². The van der Waals surface area contributed by atoms with Crippen LogP contribution in [-0.2, 0) is 15.8 Å². The number of morpholine rings is 1. The van der Waals surface area contributed by atoms with E-state index in [1.807, 2.05) is 11.0 Å². The van der Waals surface area contributed by atoms with Crippen molar-refractivity contribution in [2.24, 2.45) is 0 Å². The Morgan fingerprint density at radius 1 is 1.06 bits per heavy atom. The summed E-state index contributed by atoms with van der Waals surface area (Å²) in [6, 6.07) is 13.4. The molecule has 0 amide bonds. The van der Waals surface area contributed by atoms with Crippen molar-refractivity contribution in [2.75, 3.05) is 31.2 Å². The zero-order valence-corrected chi connectivity index (χ0v) is 17.5. The van der Waals surface area contributed by atoms with Crippen LogP contribution in [0, 0.1) is 10.1 Å². The Hall–Kier alpha value is -3.54. The number of nitrogens with one attached hydrogen (secondary N) is 1. The largest absolute Gasteiger partial charge is 0.768 e. The van der Waals surface area contributed by atoms with Gasteiger partial charge in [-0.3, -0.25) is 19.1 Å². The maximum atomic E-state index is 12.3. The first-order chi connectivity index (χ1) is 15.4. The van der Waals surface area contributed by atoms with E-state index in [0.717, 1.165) is 17.8 Å². The van der Waals surface area contributed by atoms with Crippen molar-refractivity contribution >= 4 is 22.5 Å². The Balaban J connectivity index is 1.74. The first-order valence-electron chi connectivity index (χ1n) is 9.64. The lowest BCUT2D eigenvalue weighted by Gasteiger charge is -2.29. The number of aromatic nitrogens is 1. The Labute approximate surface area is 184 Å². The number of pyridine rings is 1. The van der Waals surface area contributed by atoms with Gasteiger partial charge in [-0.05, 0) is 35.3 Å². The van der Waals surface area contributed by atoms with Gasteiger partial charge in [-0.25, -0.2) is 0 Å². The first kappa shape index (κ1) is 21.7. The Kier molecular flexibility index (Phi) is 6.30. The number of nitrogens with zero attached hydrogens (tertiary/aromatic N) is 2. The van der Waals surface area contributed by atoms with Gasteiger partial charge in [0, 0.05) is 42.5 Å². The van der Waals surface area contributed by atoms with E-state index in [9.17, 15) is 23.7 Å². The average molecular weight is 456 g/mol. The number of nitro groups is 1. The van der Waals surface area contributed by atoms with Gasteiger partial charge in [0.15, 0.2) is 0 Å². The lowest BCUT2D eigenvalue weighted by molar-refractivity contribution is -0.385. The molecule has 1 atom stereocenters. The summed E-state index contributed by atoms with van der Waals surface area (Å²) in [6.45, 7) is 2.44. The van der Waals surface area contributed by atoms with Crippen LogP contribution in [0.3, 0.4) is 0 Å². The summed E-state index contributed by atoms with van der Waals surface area (Å²) in [7, 11) is 0. The van der Waals surface area contributed by atoms with Crippen LogP contribution in [0.25, 0.3) is 11.3 Å². The molecule has 1 N–H and O–H groups in total. The van der Waals surface area contributed by atoms with Gasteiger partial charge in [0.1, 0.15) is 11.5 Å². The van der Waals surface area contributed by atoms with Crippen LogP contribution in [0.1, 0.15) is 0 Å². The Bertz CT molecular complexity index is 1240. The molecule has 1 aliphatic rings. The van der Waals surface area contributed by atoms with E-state index in [4.69, 9.17) is 9.47 Å². The van der Waals surface area contributed by atoms with E-state index in [1.54, 1.807) is 24.3 Å². The number of hydrogen-bond donors (Lipinski definition) is 1. The molecule has 0 radical (unpaired) electrons. The fraction of sp³-hybridized carbons (Fsp3) is 0.190. The summed E-state index contributed by atoms with van der Waals surface area (Å²) in [5.74, 6) is 0.214. The highest BCUT2D eigenvalue weighted by molar-refractivity contribution is 7.79. The number of anilines is 1. The molecule has 10 nitrogen and oxygen atoms in total. The van der Waals surface area contributed by atoms with E-state index in [-0.39, 0.29) is 27.6 Å². The monoisotopic (exact) mass is 456 g/mol. The van der Waals surface area contributed by atoms with Gasteiger partial charge in [-0.2, -0.15) is 0 Å². The minimum absolute atomic E-state index is 0.0666. The highest BCUT2D eigenvalue weighted by atomic mass is 32.2. The predicted octanol–water partition coefficient (Wildman–Crippen LogP) is 2.82. The summed E-state index contributed by atoms with van der Waals surface area (Å²) in [5.41, 5.74) is 1.09. The molecule has 2 heterocycles. The second-order valence-electron chi connectivity index (χ2n) is 6.94. The van der Waals surface area contributed by atoms with Crippen molar-refractivity contribution in [1.82, 2.24) is 4.98 Å². The molecule has 1 aromatic heterocycles. The summed E-state index contributed by atoms with van der Waals surface area (Å²) in [4.78, 5) is 27.1. The fourth-order valence-electron chi connectivity index (χ4n) is 3.40. The SMILES string of the molecule is O=c1cc(N2CCOCC2)cc(-c2ccccc2Oc2ccc([N+](=O)[O-])cc2S(=O)[O-])[nH]1. The Morgan fingerprint density at radius 2 is 1.81 bits per heavy atom. The van der Waals surface area contributed by atoms with Crippen LogP contribution in [0.2, 0.25) is 0 Å². The zero-order valence-electron chi connectivity index (χ0n) is 16.7. The zero-order chi connectivity index (χ0) is 22.7. The molecular weight excluding hydrogens is 438 g/mol. The van der Waals surface area contributed by atoms with Crippen molar-refractivity contribution in [1.29, 1.82) is 0 Å². The highest BCUT2D eigenvalue weighted by Gasteiger charge is 2.17. The summed E-state index contributed by atoms with van der Waals surface area (Å²) >= 11 is -2.76. The number of nitro benzene ring substituents is 1. The first-order valence-corrected chi connectivity index (χ1v) is 10.7. The molecule has 4 rings (SSSR count). The number of ether oxygens (including phenoxy) is 2. The molecule has 3 aromatic rings. The molecule has 0 aliphatic carbocycles. The van der Waals surface area contributed by atoms with Crippen LogP contribution >= 0.6 is 0 Å². The third-order valence-electron chi connectivity index (χ3n) is 4.92. The second kappa shape index (κ2) is 9.30. The molecule has 11 heteroatoms. The van der Waals surface area contributed by atoms with E-state index in [0.29, 0.717) is 37.6 Å². The van der Waals surface area contributed by atoms with Gasteiger partial charge >= 0.3 is 0 Å². The number of rotatable bonds is 6. The smallest absolute Gasteiger partial charge is 0.270 e. The maximum Gasteiger partial charge on any atom is 0.270 e. The lowest BCUT2D eigenvalue weighted by Crippen LogP contribution is -2.36. The fourth-order valence-corrected chi connectivity index (χ4v) is 3.89. The third-order valence-corrected chi connectivity index (χ3v) is 5.60. The van der Waals surface area contributed by atoms with Crippen LogP contribution in [0.5, 0.6) is 11.5 Å². The topological polar surface area (TPSA) is 138 Å². The van der Waals surface area contributed by atoms with Gasteiger partial charge in [-0.1, -0.05) is 12.1 Å². The van der Waals surface area contributed by atoms with Crippen molar-refractivity contribution in [3.63, 3.8) is 0 Å². The highest BCUT2D eigenvalue weighted by Crippen LogP contribution is 2.36. The quantitative estimate of drug-likeness (QED) is 0.339. The van der Waals surface area contributed by atoms with Gasteiger partial charge in [0.05, 0.1) is 28.7 Å². The van der Waals surface area contributed by atoms with Gasteiger partial charge in [0.25, 0.3) is 5.69 Å². The number of benzene rings is 2. The third kappa shape index (κ3) is 4.69. The molecule has 166 valence electrons. The second-order valence-corrected chi connectivity index (χ2v) is 7.85. The average Bonchev–Trinajstić information content (AvgIpc) is 2.79. The minimum Gasteiger partial charge on any atom is -0.768 e. The Morgan fingerprint density at radius 3 is 2.53 bits per heavy atom. The number of non-ortho nitro benzene ring substituents is 1. The summed E-state index contributed by atoms with van der Waals surface area (Å²) in [5, 5.41) is 11.0. The van der Waals surface area contributed by atoms with Gasteiger partial charge in [-0.15, -0.1) is 0 Å². The van der Waals surface area contributed by atoms with Crippen LogP contribution in [-0.4, -0.2) is 45.0 Å². The minimum atomic E-state index is -2.76. The molecule has 1 saturated heterocycles. The van der Waals surface area contributed by atoms with Crippen LogP contribution in [0.4, 0.5) is 11.4 Å². The van der Waals surface area contributed by atoms with E-state index in [2.05, 4.69) is 4.98 Å². The van der Waals surface area contributed by atoms with E-state index < -0.39 is 16.0 Å². The normalized spacial score (nSPS) is 14.7. The molecule has 1 aliphatic heterocycles. The van der Waals surface area contributed by atoms with E-state index >= 15 is 0 Å². The summed E-state index contributed by atoms with van der Waals surface area (Å²) < 4.78 is 34.5. The molecule has 0 bridgehead atoms. The number of para-hydroxylation sites is 1. The number of aromatic amines is 1. The molecule has 32 heavy (non-hydrogen) atoms. The molecule has 0 saturated carbocycles. The number of hydrogen-bond acceptors (Lipinski definition) is 8. The van der Waals surface area contributed by atoms with Crippen LogP contribution in [0.15, 0.2) is 64.3 Å². The van der Waals surface area contributed by atoms with Crippen molar-refractivity contribution in [2.45, 2.75) is 4.90 Å². The lowest BCUT2D eigenvalue weighted by atomic mass is 10.1. The number of H-pyrrole nitrogens is 1. The predicted molar refractivity (Wildman–Crippen MR) is 116 cm³/mol. The van der Waals surface area contributed by atoms with Crippen molar-refractivity contribution in [3.05, 3.63) is 75.1 Å². The molecule has 0 spiro atoms.